The van der Waals surface area contributed by atoms with Crippen molar-refractivity contribution >= 4 is 11.6 Å². The molecule has 0 aliphatic carbocycles. The van der Waals surface area contributed by atoms with Crippen molar-refractivity contribution in [2.45, 2.75) is 6.18 Å². The summed E-state index contributed by atoms with van der Waals surface area (Å²) in [7, 11) is 0. The summed E-state index contributed by atoms with van der Waals surface area (Å²) in [4.78, 5) is 22.4. The molecular formula is C11H8F3N3O2. The highest BCUT2D eigenvalue weighted by molar-refractivity contribution is 6.02. The molecule has 0 spiro atoms. The van der Waals surface area contributed by atoms with Crippen molar-refractivity contribution in [1.29, 1.82) is 0 Å². The average Bonchev–Trinajstić information content (AvgIpc) is 2.75. The number of halogens is 3. The number of benzene rings is 1. The molecule has 1 heterocycles. The van der Waals surface area contributed by atoms with Crippen LogP contribution in [0.2, 0.25) is 0 Å². The Labute approximate surface area is 104 Å². The van der Waals surface area contributed by atoms with Gasteiger partial charge in [0.05, 0.1) is 5.56 Å². The first kappa shape index (κ1) is 12.9. The van der Waals surface area contributed by atoms with Gasteiger partial charge < -0.3 is 5.32 Å². The molecule has 1 amide bonds. The monoisotopic (exact) mass is 271 g/mol. The van der Waals surface area contributed by atoms with Crippen LogP contribution in [0.3, 0.4) is 0 Å². The number of aromatic nitrogens is 2. The molecule has 0 aliphatic heterocycles. The minimum atomic E-state index is -4.42. The minimum Gasteiger partial charge on any atom is -0.321 e. The van der Waals surface area contributed by atoms with Gasteiger partial charge in [-0.1, -0.05) is 0 Å². The van der Waals surface area contributed by atoms with Crippen LogP contribution in [0, 0.1) is 0 Å². The molecule has 2 aromatic rings. The number of amides is 1. The van der Waals surface area contributed by atoms with Gasteiger partial charge in [-0.15, -0.1) is 0 Å². The highest BCUT2D eigenvalue weighted by Crippen LogP contribution is 2.29. The van der Waals surface area contributed by atoms with Gasteiger partial charge in [-0.2, -0.15) is 13.2 Å². The van der Waals surface area contributed by atoms with Crippen molar-refractivity contribution in [1.82, 2.24) is 10.2 Å². The van der Waals surface area contributed by atoms with Crippen LogP contribution in [0.15, 0.2) is 35.1 Å². The zero-order chi connectivity index (χ0) is 14.0. The van der Waals surface area contributed by atoms with E-state index in [0.29, 0.717) is 0 Å². The van der Waals surface area contributed by atoms with E-state index in [9.17, 15) is 22.8 Å². The van der Waals surface area contributed by atoms with Gasteiger partial charge in [0.15, 0.2) is 0 Å². The molecular weight excluding hydrogens is 263 g/mol. The fraction of sp³-hybridized carbons (Fsp3) is 0.0909. The van der Waals surface area contributed by atoms with Crippen molar-refractivity contribution in [2.75, 3.05) is 5.32 Å². The second-order valence-corrected chi connectivity index (χ2v) is 3.70. The predicted molar refractivity (Wildman–Crippen MR) is 60.8 cm³/mol. The lowest BCUT2D eigenvalue weighted by atomic mass is 10.2. The number of aromatic amines is 2. The number of carbonyl (C=O) groups is 1. The lowest BCUT2D eigenvalue weighted by Gasteiger charge is -2.08. The highest BCUT2D eigenvalue weighted by Gasteiger charge is 2.29. The topological polar surface area (TPSA) is 77.8 Å². The van der Waals surface area contributed by atoms with Crippen molar-refractivity contribution in [3.63, 3.8) is 0 Å². The SMILES string of the molecule is O=C(Nc1ccc(C(F)(F)F)cc1)c1cc(=O)[nH][nH]1. The maximum absolute atomic E-state index is 12.3. The molecule has 19 heavy (non-hydrogen) atoms. The third-order valence-corrected chi connectivity index (χ3v) is 2.31. The fourth-order valence-corrected chi connectivity index (χ4v) is 1.40. The summed E-state index contributed by atoms with van der Waals surface area (Å²) < 4.78 is 37.0. The molecule has 0 saturated carbocycles. The molecule has 0 atom stereocenters. The Bertz CT molecular complexity index is 640. The van der Waals surface area contributed by atoms with Crippen LogP contribution in [-0.4, -0.2) is 16.1 Å². The summed E-state index contributed by atoms with van der Waals surface area (Å²) in [6.07, 6.45) is -4.42. The molecule has 0 fully saturated rings. The van der Waals surface area contributed by atoms with Crippen molar-refractivity contribution in [2.24, 2.45) is 0 Å². The van der Waals surface area contributed by atoms with Crippen LogP contribution < -0.4 is 10.9 Å². The Morgan fingerprint density at radius 1 is 1.11 bits per heavy atom. The largest absolute Gasteiger partial charge is 0.416 e. The summed E-state index contributed by atoms with van der Waals surface area (Å²) in [6, 6.07) is 5.02. The van der Waals surface area contributed by atoms with Crippen LogP contribution in [0.5, 0.6) is 0 Å². The number of nitrogens with one attached hydrogen (secondary N) is 3. The predicted octanol–water partition coefficient (Wildman–Crippen LogP) is 1.97. The maximum Gasteiger partial charge on any atom is 0.416 e. The molecule has 0 bridgehead atoms. The van der Waals surface area contributed by atoms with E-state index in [1.165, 1.54) is 0 Å². The van der Waals surface area contributed by atoms with E-state index in [0.717, 1.165) is 30.3 Å². The van der Waals surface area contributed by atoms with E-state index < -0.39 is 23.2 Å². The van der Waals surface area contributed by atoms with Crippen molar-refractivity contribution < 1.29 is 18.0 Å². The van der Waals surface area contributed by atoms with E-state index in [4.69, 9.17) is 0 Å². The Kier molecular flexibility index (Phi) is 3.16. The van der Waals surface area contributed by atoms with E-state index in [-0.39, 0.29) is 11.4 Å². The number of carbonyl (C=O) groups excluding carboxylic acids is 1. The number of hydrogen-bond acceptors (Lipinski definition) is 2. The summed E-state index contributed by atoms with van der Waals surface area (Å²) in [5, 5.41) is 6.86. The summed E-state index contributed by atoms with van der Waals surface area (Å²) in [5.41, 5.74) is -1.09. The molecule has 8 heteroatoms. The van der Waals surface area contributed by atoms with Gasteiger partial charge in [0.2, 0.25) is 0 Å². The summed E-state index contributed by atoms with van der Waals surface area (Å²) >= 11 is 0. The first-order valence-electron chi connectivity index (χ1n) is 5.12. The van der Waals surface area contributed by atoms with Gasteiger partial charge in [0.1, 0.15) is 5.69 Å². The average molecular weight is 271 g/mol. The van der Waals surface area contributed by atoms with Crippen molar-refractivity contribution in [3.8, 4) is 0 Å². The summed E-state index contributed by atoms with van der Waals surface area (Å²) in [5.74, 6) is -0.627. The Morgan fingerprint density at radius 3 is 2.21 bits per heavy atom. The Morgan fingerprint density at radius 2 is 1.74 bits per heavy atom. The highest BCUT2D eigenvalue weighted by atomic mass is 19.4. The normalized spacial score (nSPS) is 11.3. The van der Waals surface area contributed by atoms with Crippen LogP contribution in [0.25, 0.3) is 0 Å². The summed E-state index contributed by atoms with van der Waals surface area (Å²) in [6.45, 7) is 0. The van der Waals surface area contributed by atoms with Crippen molar-refractivity contribution in [3.05, 3.63) is 51.9 Å². The van der Waals surface area contributed by atoms with Gasteiger partial charge in [0, 0.05) is 11.8 Å². The van der Waals surface area contributed by atoms with E-state index in [2.05, 4.69) is 15.5 Å². The molecule has 0 aliphatic rings. The molecule has 0 saturated heterocycles. The molecule has 1 aromatic carbocycles. The van der Waals surface area contributed by atoms with Crippen LogP contribution in [0.1, 0.15) is 16.1 Å². The Balaban J connectivity index is 2.12. The number of alkyl halides is 3. The molecule has 2 rings (SSSR count). The van der Waals surface area contributed by atoms with E-state index in [1.807, 2.05) is 0 Å². The number of hydrogen-bond donors (Lipinski definition) is 3. The van der Waals surface area contributed by atoms with Gasteiger partial charge >= 0.3 is 6.18 Å². The van der Waals surface area contributed by atoms with E-state index in [1.54, 1.807) is 0 Å². The van der Waals surface area contributed by atoms with E-state index >= 15 is 0 Å². The van der Waals surface area contributed by atoms with Gasteiger partial charge in [0.25, 0.3) is 11.5 Å². The minimum absolute atomic E-state index is 0.00935. The lowest BCUT2D eigenvalue weighted by Crippen LogP contribution is -2.13. The smallest absolute Gasteiger partial charge is 0.321 e. The van der Waals surface area contributed by atoms with Crippen LogP contribution in [0.4, 0.5) is 18.9 Å². The van der Waals surface area contributed by atoms with Crippen LogP contribution >= 0.6 is 0 Å². The maximum atomic E-state index is 12.3. The lowest BCUT2D eigenvalue weighted by molar-refractivity contribution is -0.137. The first-order chi connectivity index (χ1) is 8.86. The molecule has 5 nitrogen and oxygen atoms in total. The number of H-pyrrole nitrogens is 2. The molecule has 100 valence electrons. The second kappa shape index (κ2) is 4.63. The molecule has 0 radical (unpaired) electrons. The number of rotatable bonds is 2. The third-order valence-electron chi connectivity index (χ3n) is 2.31. The van der Waals surface area contributed by atoms with Crippen LogP contribution in [-0.2, 0) is 6.18 Å². The quantitative estimate of drug-likeness (QED) is 0.781. The fourth-order valence-electron chi connectivity index (χ4n) is 1.40. The zero-order valence-corrected chi connectivity index (χ0v) is 9.34. The number of anilines is 1. The Hall–Kier alpha value is -2.51. The van der Waals surface area contributed by atoms with Gasteiger partial charge in [-0.05, 0) is 24.3 Å². The molecule has 3 N–H and O–H groups in total. The molecule has 1 aromatic heterocycles. The second-order valence-electron chi connectivity index (χ2n) is 3.70. The van der Waals surface area contributed by atoms with Gasteiger partial charge in [-0.25, -0.2) is 0 Å². The third kappa shape index (κ3) is 3.03. The first-order valence-corrected chi connectivity index (χ1v) is 5.12. The standard InChI is InChI=1S/C11H8F3N3O2/c12-11(13,14)6-1-3-7(4-2-6)15-10(19)8-5-9(18)17-16-8/h1-5H,(H,15,19)(H2,16,17,18). The zero-order valence-electron chi connectivity index (χ0n) is 9.34. The molecule has 0 unspecified atom stereocenters. The van der Waals surface area contributed by atoms with Gasteiger partial charge in [-0.3, -0.25) is 19.8 Å².